The first kappa shape index (κ1) is 9.37. The Morgan fingerprint density at radius 1 is 1.13 bits per heavy atom. The number of benzene rings is 1. The van der Waals surface area contributed by atoms with Gasteiger partial charge in [0.1, 0.15) is 0 Å². The standard InChI is InChI=1S/C13H14NS/c1-2-4-13-11(3-1)12(9-15-13)10-5-7-14-8-6-10/h1-4,9-10H,5-8H2. The smallest absolute Gasteiger partial charge is 0.0345 e. The van der Waals surface area contributed by atoms with E-state index in [0.29, 0.717) is 0 Å². The van der Waals surface area contributed by atoms with Gasteiger partial charge in [0.25, 0.3) is 0 Å². The second-order valence-corrected chi connectivity index (χ2v) is 5.04. The van der Waals surface area contributed by atoms with E-state index >= 15 is 0 Å². The fourth-order valence-corrected chi connectivity index (χ4v) is 3.42. The third kappa shape index (κ3) is 1.68. The number of nitrogens with zero attached hydrogens (tertiary/aromatic N) is 1. The molecule has 0 saturated carbocycles. The molecule has 0 unspecified atom stereocenters. The van der Waals surface area contributed by atoms with Crippen LogP contribution in [0.4, 0.5) is 0 Å². The van der Waals surface area contributed by atoms with Gasteiger partial charge in [-0.2, -0.15) is 0 Å². The van der Waals surface area contributed by atoms with Crippen LogP contribution in [0.15, 0.2) is 29.6 Å². The summed E-state index contributed by atoms with van der Waals surface area (Å²) in [7, 11) is 0. The minimum atomic E-state index is 0.749. The molecule has 2 heterocycles. The Kier molecular flexibility index (Phi) is 2.47. The van der Waals surface area contributed by atoms with E-state index in [-0.39, 0.29) is 0 Å². The molecule has 2 aromatic rings. The van der Waals surface area contributed by atoms with E-state index in [0.717, 1.165) is 19.0 Å². The van der Waals surface area contributed by atoms with Crippen molar-refractivity contribution in [3.8, 4) is 0 Å². The number of piperidine rings is 1. The van der Waals surface area contributed by atoms with Gasteiger partial charge in [-0.1, -0.05) is 18.2 Å². The van der Waals surface area contributed by atoms with Crippen LogP contribution < -0.4 is 5.32 Å². The number of hydrogen-bond donors (Lipinski definition) is 0. The minimum absolute atomic E-state index is 0.749. The van der Waals surface area contributed by atoms with Crippen molar-refractivity contribution < 1.29 is 0 Å². The molecule has 1 aromatic heterocycles. The summed E-state index contributed by atoms with van der Waals surface area (Å²) >= 11 is 1.88. The zero-order valence-electron chi connectivity index (χ0n) is 8.65. The highest BCUT2D eigenvalue weighted by Gasteiger charge is 2.18. The molecule has 1 aliphatic rings. The maximum Gasteiger partial charge on any atom is 0.0345 e. The minimum Gasteiger partial charge on any atom is -0.242 e. The van der Waals surface area contributed by atoms with Crippen LogP contribution in [0, 0.1) is 0 Å². The van der Waals surface area contributed by atoms with E-state index in [4.69, 9.17) is 0 Å². The fourth-order valence-electron chi connectivity index (χ4n) is 2.38. The molecule has 1 nitrogen and oxygen atoms in total. The molecule has 1 radical (unpaired) electrons. The van der Waals surface area contributed by atoms with Crippen LogP contribution in [0.2, 0.25) is 0 Å². The molecule has 1 fully saturated rings. The first-order valence-corrected chi connectivity index (χ1v) is 6.42. The molecule has 2 heteroatoms. The van der Waals surface area contributed by atoms with Gasteiger partial charge in [0.15, 0.2) is 0 Å². The van der Waals surface area contributed by atoms with Gasteiger partial charge in [0.2, 0.25) is 0 Å². The molecule has 0 aliphatic carbocycles. The van der Waals surface area contributed by atoms with Crippen LogP contribution in [0.3, 0.4) is 0 Å². The van der Waals surface area contributed by atoms with Gasteiger partial charge in [-0.15, -0.1) is 11.3 Å². The van der Waals surface area contributed by atoms with Gasteiger partial charge < -0.3 is 0 Å². The summed E-state index contributed by atoms with van der Waals surface area (Å²) in [6.07, 6.45) is 2.47. The van der Waals surface area contributed by atoms with Crippen LogP contribution in [0.25, 0.3) is 10.1 Å². The summed E-state index contributed by atoms with van der Waals surface area (Å²) < 4.78 is 1.43. The predicted octanol–water partition coefficient (Wildman–Crippen LogP) is 3.38. The highest BCUT2D eigenvalue weighted by atomic mass is 32.1. The maximum atomic E-state index is 4.42. The summed E-state index contributed by atoms with van der Waals surface area (Å²) in [5.74, 6) is 0.749. The molecule has 0 atom stereocenters. The maximum absolute atomic E-state index is 4.42. The van der Waals surface area contributed by atoms with Gasteiger partial charge in [0.05, 0.1) is 0 Å². The van der Waals surface area contributed by atoms with Crippen molar-refractivity contribution in [1.82, 2.24) is 5.32 Å². The second-order valence-electron chi connectivity index (χ2n) is 4.13. The average Bonchev–Trinajstić information content (AvgIpc) is 2.74. The molecule has 1 aromatic carbocycles. The summed E-state index contributed by atoms with van der Waals surface area (Å²) in [5, 5.41) is 8.24. The summed E-state index contributed by atoms with van der Waals surface area (Å²) in [5.41, 5.74) is 1.56. The molecular formula is C13H14NS. The van der Waals surface area contributed by atoms with Crippen molar-refractivity contribution in [3.63, 3.8) is 0 Å². The molecule has 0 N–H and O–H groups in total. The predicted molar refractivity (Wildman–Crippen MR) is 65.7 cm³/mol. The van der Waals surface area contributed by atoms with Crippen molar-refractivity contribution in [1.29, 1.82) is 0 Å². The van der Waals surface area contributed by atoms with Crippen molar-refractivity contribution in [2.24, 2.45) is 0 Å². The Bertz CT molecular complexity index is 454. The van der Waals surface area contributed by atoms with Gasteiger partial charge in [-0.3, -0.25) is 0 Å². The number of rotatable bonds is 1. The lowest BCUT2D eigenvalue weighted by Gasteiger charge is -2.21. The summed E-state index contributed by atoms with van der Waals surface area (Å²) in [4.78, 5) is 0. The topological polar surface area (TPSA) is 14.1 Å². The average molecular weight is 216 g/mol. The van der Waals surface area contributed by atoms with Crippen molar-refractivity contribution >= 4 is 21.4 Å². The van der Waals surface area contributed by atoms with E-state index in [1.165, 1.54) is 22.9 Å². The first-order chi connectivity index (χ1) is 7.45. The van der Waals surface area contributed by atoms with Crippen LogP contribution >= 0.6 is 11.3 Å². The van der Waals surface area contributed by atoms with Crippen LogP contribution in [0.1, 0.15) is 24.3 Å². The van der Waals surface area contributed by atoms with Crippen molar-refractivity contribution in [2.45, 2.75) is 18.8 Å². The molecule has 0 amide bonds. The largest absolute Gasteiger partial charge is 0.242 e. The Labute approximate surface area is 94.1 Å². The van der Waals surface area contributed by atoms with E-state index in [2.05, 4.69) is 35.0 Å². The van der Waals surface area contributed by atoms with Gasteiger partial charge >= 0.3 is 0 Å². The van der Waals surface area contributed by atoms with Gasteiger partial charge in [-0.05, 0) is 41.2 Å². The quantitative estimate of drug-likeness (QED) is 0.694. The van der Waals surface area contributed by atoms with Crippen LogP contribution in [-0.2, 0) is 0 Å². The lowest BCUT2D eigenvalue weighted by atomic mass is 9.90. The third-order valence-corrected chi connectivity index (χ3v) is 4.20. The SMILES string of the molecule is c1ccc2c(C3CC[N]CC3)csc2c1. The van der Waals surface area contributed by atoms with Crippen LogP contribution in [0.5, 0.6) is 0 Å². The Hall–Kier alpha value is -0.860. The zero-order chi connectivity index (χ0) is 10.1. The van der Waals surface area contributed by atoms with Crippen molar-refractivity contribution in [3.05, 3.63) is 35.2 Å². The van der Waals surface area contributed by atoms with E-state index in [1.807, 2.05) is 11.3 Å². The van der Waals surface area contributed by atoms with E-state index < -0.39 is 0 Å². The molecule has 1 aliphatic heterocycles. The third-order valence-electron chi connectivity index (χ3n) is 3.22. The zero-order valence-corrected chi connectivity index (χ0v) is 9.46. The lowest BCUT2D eigenvalue weighted by Crippen LogP contribution is -2.20. The molecule has 15 heavy (non-hydrogen) atoms. The molecule has 0 bridgehead atoms. The number of hydrogen-bond acceptors (Lipinski definition) is 1. The fraction of sp³-hybridized carbons (Fsp3) is 0.385. The molecular weight excluding hydrogens is 202 g/mol. The highest BCUT2D eigenvalue weighted by Crippen LogP contribution is 2.35. The second kappa shape index (κ2) is 3.95. The Balaban J connectivity index is 2.02. The summed E-state index contributed by atoms with van der Waals surface area (Å²) in [6, 6.07) is 8.74. The lowest BCUT2D eigenvalue weighted by molar-refractivity contribution is 0.456. The van der Waals surface area contributed by atoms with Gasteiger partial charge in [-0.25, -0.2) is 5.32 Å². The molecule has 3 rings (SSSR count). The van der Waals surface area contributed by atoms with Crippen molar-refractivity contribution in [2.75, 3.05) is 13.1 Å². The highest BCUT2D eigenvalue weighted by molar-refractivity contribution is 7.17. The first-order valence-electron chi connectivity index (χ1n) is 5.54. The van der Waals surface area contributed by atoms with E-state index in [1.54, 1.807) is 5.56 Å². The van der Waals surface area contributed by atoms with Crippen LogP contribution in [-0.4, -0.2) is 13.1 Å². The number of thiophene rings is 1. The molecule has 0 spiro atoms. The normalized spacial score (nSPS) is 18.4. The Morgan fingerprint density at radius 2 is 1.93 bits per heavy atom. The van der Waals surface area contributed by atoms with E-state index in [9.17, 15) is 0 Å². The molecule has 77 valence electrons. The number of fused-ring (bicyclic) bond motifs is 1. The Morgan fingerprint density at radius 3 is 2.80 bits per heavy atom. The molecule has 1 saturated heterocycles. The van der Waals surface area contributed by atoms with Gasteiger partial charge in [0, 0.05) is 17.8 Å². The summed E-state index contributed by atoms with van der Waals surface area (Å²) in [6.45, 7) is 2.10. The monoisotopic (exact) mass is 216 g/mol.